The number of carbonyl (C=O) groups excluding carboxylic acids is 2. The predicted octanol–water partition coefficient (Wildman–Crippen LogP) is 4.43. The number of ether oxygens (including phenoxy) is 2. The van der Waals surface area contributed by atoms with Crippen LogP contribution >= 0.6 is 0 Å². The first kappa shape index (κ1) is 26.4. The second-order valence-corrected chi connectivity index (χ2v) is 10.2. The molecule has 0 aromatic heterocycles. The first-order valence-corrected chi connectivity index (χ1v) is 13.2. The van der Waals surface area contributed by atoms with Crippen LogP contribution in [-0.4, -0.2) is 59.8 Å². The molecule has 5 rings (SSSR count). The van der Waals surface area contributed by atoms with E-state index >= 15 is 0 Å². The topological polar surface area (TPSA) is 105 Å². The quantitative estimate of drug-likeness (QED) is 0.403. The van der Waals surface area contributed by atoms with Gasteiger partial charge in [0.2, 0.25) is 5.91 Å². The van der Waals surface area contributed by atoms with E-state index in [0.717, 1.165) is 27.8 Å². The summed E-state index contributed by atoms with van der Waals surface area (Å²) in [5.41, 5.74) is 5.41. The van der Waals surface area contributed by atoms with E-state index in [1.165, 1.54) is 0 Å². The molecule has 2 atom stereocenters. The van der Waals surface area contributed by atoms with Crippen molar-refractivity contribution in [1.29, 1.82) is 0 Å². The second kappa shape index (κ2) is 11.7. The smallest absolute Gasteiger partial charge is 0.407 e. The van der Waals surface area contributed by atoms with Gasteiger partial charge in [-0.25, -0.2) is 4.79 Å². The maximum absolute atomic E-state index is 13.4. The van der Waals surface area contributed by atoms with Crippen molar-refractivity contribution < 1.29 is 29.0 Å². The lowest BCUT2D eigenvalue weighted by Gasteiger charge is -2.41. The number of nitrogens with one attached hydrogen (secondary N) is 1. The lowest BCUT2D eigenvalue weighted by molar-refractivity contribution is -0.148. The first-order chi connectivity index (χ1) is 18.9. The van der Waals surface area contributed by atoms with Gasteiger partial charge in [0.15, 0.2) is 0 Å². The lowest BCUT2D eigenvalue weighted by atomic mass is 9.95. The van der Waals surface area contributed by atoms with Crippen LogP contribution in [0.2, 0.25) is 0 Å². The van der Waals surface area contributed by atoms with Gasteiger partial charge in [-0.15, -0.1) is 0 Å². The number of hydrogen-bond acceptors (Lipinski definition) is 5. The highest BCUT2D eigenvalue weighted by atomic mass is 16.5. The maximum Gasteiger partial charge on any atom is 0.407 e. The number of benzene rings is 3. The highest BCUT2D eigenvalue weighted by Crippen LogP contribution is 2.44. The number of likely N-dealkylation sites (tertiary alicyclic amines) is 1. The highest BCUT2D eigenvalue weighted by molar-refractivity contribution is 5.87. The van der Waals surface area contributed by atoms with Crippen LogP contribution < -0.4 is 5.32 Å². The molecule has 202 valence electrons. The summed E-state index contributed by atoms with van der Waals surface area (Å²) in [5.74, 6) is -1.40. The average molecular weight is 529 g/mol. The van der Waals surface area contributed by atoms with E-state index in [0.29, 0.717) is 13.1 Å². The fraction of sp³-hybridized carbons (Fsp3) is 0.323. The molecule has 8 heteroatoms. The van der Waals surface area contributed by atoms with Gasteiger partial charge in [0.25, 0.3) is 0 Å². The van der Waals surface area contributed by atoms with Crippen LogP contribution in [0.15, 0.2) is 78.9 Å². The van der Waals surface area contributed by atoms with Crippen molar-refractivity contribution in [1.82, 2.24) is 10.2 Å². The molecule has 2 unspecified atom stereocenters. The Kier molecular flexibility index (Phi) is 7.93. The molecule has 3 aromatic rings. The van der Waals surface area contributed by atoms with Crippen LogP contribution in [0.3, 0.4) is 0 Å². The molecule has 3 aromatic carbocycles. The molecule has 1 aliphatic heterocycles. The van der Waals surface area contributed by atoms with Crippen LogP contribution in [0.4, 0.5) is 4.79 Å². The van der Waals surface area contributed by atoms with E-state index in [1.807, 2.05) is 66.7 Å². The molecule has 0 saturated carbocycles. The molecule has 2 amide bonds. The molecule has 1 saturated heterocycles. The zero-order valence-electron chi connectivity index (χ0n) is 21.8. The van der Waals surface area contributed by atoms with Crippen LogP contribution in [0.5, 0.6) is 0 Å². The maximum atomic E-state index is 13.4. The summed E-state index contributed by atoms with van der Waals surface area (Å²) in [6.07, 6.45) is -1.33. The summed E-state index contributed by atoms with van der Waals surface area (Å²) < 4.78 is 11.7. The van der Waals surface area contributed by atoms with Crippen molar-refractivity contribution in [3.63, 3.8) is 0 Å². The van der Waals surface area contributed by atoms with Gasteiger partial charge in [-0.05, 0) is 34.7 Å². The number of fused-ring (bicyclic) bond motifs is 3. The van der Waals surface area contributed by atoms with Crippen LogP contribution in [0.1, 0.15) is 36.0 Å². The number of carbonyl (C=O) groups is 3. The first-order valence-electron chi connectivity index (χ1n) is 13.2. The lowest BCUT2D eigenvalue weighted by Crippen LogP contribution is -2.60. The summed E-state index contributed by atoms with van der Waals surface area (Å²) in [6, 6.07) is 24.8. The number of rotatable bonds is 10. The molecule has 1 aliphatic carbocycles. The summed E-state index contributed by atoms with van der Waals surface area (Å²) in [4.78, 5) is 39.0. The average Bonchev–Trinajstić information content (AvgIpc) is 3.24. The van der Waals surface area contributed by atoms with Crippen molar-refractivity contribution in [2.75, 3.05) is 19.7 Å². The van der Waals surface area contributed by atoms with Crippen LogP contribution in [-0.2, 0) is 25.7 Å². The van der Waals surface area contributed by atoms with Gasteiger partial charge in [-0.1, -0.05) is 78.9 Å². The Morgan fingerprint density at radius 1 is 0.923 bits per heavy atom. The Balaban J connectivity index is 1.25. The third kappa shape index (κ3) is 5.96. The molecule has 39 heavy (non-hydrogen) atoms. The largest absolute Gasteiger partial charge is 0.481 e. The molecular weight excluding hydrogens is 496 g/mol. The van der Waals surface area contributed by atoms with Crippen molar-refractivity contribution in [3.8, 4) is 11.1 Å². The normalized spacial score (nSPS) is 16.0. The van der Waals surface area contributed by atoms with E-state index in [2.05, 4.69) is 17.4 Å². The number of aliphatic carboxylic acids is 1. The van der Waals surface area contributed by atoms with Crippen molar-refractivity contribution in [2.24, 2.45) is 5.92 Å². The Morgan fingerprint density at radius 2 is 1.51 bits per heavy atom. The van der Waals surface area contributed by atoms with Crippen LogP contribution in [0, 0.1) is 5.92 Å². The molecular formula is C31H32N2O6. The third-order valence-corrected chi connectivity index (χ3v) is 7.44. The molecule has 1 fully saturated rings. The highest BCUT2D eigenvalue weighted by Gasteiger charge is 2.39. The van der Waals surface area contributed by atoms with E-state index in [-0.39, 0.29) is 37.4 Å². The minimum atomic E-state index is -0.977. The monoisotopic (exact) mass is 528 g/mol. The summed E-state index contributed by atoms with van der Waals surface area (Å²) >= 11 is 0. The SMILES string of the molecule is CC(OCc1ccccc1)C(NC(=O)OCC1c2ccccc2-c2ccccc21)C(=O)N1CC(CC(=O)O)C1. The van der Waals surface area contributed by atoms with Gasteiger partial charge in [0.1, 0.15) is 12.6 Å². The van der Waals surface area contributed by atoms with Crippen molar-refractivity contribution >= 4 is 18.0 Å². The van der Waals surface area contributed by atoms with E-state index < -0.39 is 24.2 Å². The predicted molar refractivity (Wildman–Crippen MR) is 145 cm³/mol. The van der Waals surface area contributed by atoms with Gasteiger partial charge in [-0.3, -0.25) is 9.59 Å². The minimum absolute atomic E-state index is 0.00825. The van der Waals surface area contributed by atoms with Crippen molar-refractivity contribution in [2.45, 2.75) is 38.0 Å². The second-order valence-electron chi connectivity index (χ2n) is 10.2. The fourth-order valence-electron chi connectivity index (χ4n) is 5.37. The third-order valence-electron chi connectivity index (χ3n) is 7.44. The zero-order valence-corrected chi connectivity index (χ0v) is 21.8. The summed E-state index contributed by atoms with van der Waals surface area (Å²) in [5, 5.41) is 11.8. The van der Waals surface area contributed by atoms with Gasteiger partial charge in [-0.2, -0.15) is 0 Å². The fourth-order valence-corrected chi connectivity index (χ4v) is 5.37. The Labute approximate surface area is 227 Å². The Bertz CT molecular complexity index is 1290. The van der Waals surface area contributed by atoms with Gasteiger partial charge in [0, 0.05) is 24.9 Å². The summed E-state index contributed by atoms with van der Waals surface area (Å²) in [6.45, 7) is 2.81. The van der Waals surface area contributed by atoms with E-state index in [4.69, 9.17) is 14.6 Å². The molecule has 0 spiro atoms. The van der Waals surface area contributed by atoms with Gasteiger partial charge < -0.3 is 24.8 Å². The minimum Gasteiger partial charge on any atom is -0.481 e. The molecule has 0 radical (unpaired) electrons. The molecule has 2 N–H and O–H groups in total. The molecule has 1 heterocycles. The van der Waals surface area contributed by atoms with Crippen LogP contribution in [0.25, 0.3) is 11.1 Å². The molecule has 2 aliphatic rings. The molecule has 8 nitrogen and oxygen atoms in total. The molecule has 0 bridgehead atoms. The summed E-state index contributed by atoms with van der Waals surface area (Å²) in [7, 11) is 0. The standard InChI is InChI=1S/C31H32N2O6/c1-20(38-18-21-9-3-2-4-10-21)29(30(36)33-16-22(17-33)15-28(34)35)32-31(37)39-19-27-25-13-7-5-11-23(25)24-12-6-8-14-26(24)27/h2-14,20,22,27,29H,15-19H2,1H3,(H,32,37)(H,34,35). The number of carboxylic acids is 1. The van der Waals surface area contributed by atoms with Gasteiger partial charge >= 0.3 is 12.1 Å². The Morgan fingerprint density at radius 3 is 2.13 bits per heavy atom. The number of hydrogen-bond donors (Lipinski definition) is 2. The number of nitrogens with zero attached hydrogens (tertiary/aromatic N) is 1. The van der Waals surface area contributed by atoms with Gasteiger partial charge in [0.05, 0.1) is 19.1 Å². The number of carboxylic acid groups (broad SMARTS) is 1. The van der Waals surface area contributed by atoms with E-state index in [1.54, 1.807) is 11.8 Å². The number of amides is 2. The van der Waals surface area contributed by atoms with E-state index in [9.17, 15) is 14.4 Å². The Hall–Kier alpha value is -4.17. The zero-order chi connectivity index (χ0) is 27.4. The van der Waals surface area contributed by atoms with Crippen molar-refractivity contribution in [3.05, 3.63) is 95.6 Å². The number of alkyl carbamates (subject to hydrolysis) is 1.